The summed E-state index contributed by atoms with van der Waals surface area (Å²) < 4.78 is 0. The SMILES string of the molecule is c1ccc(N2CCN(C3CCNC3)CC2)cc1. The molecule has 2 aliphatic rings. The number of nitrogens with zero attached hydrogens (tertiary/aromatic N) is 2. The van der Waals surface area contributed by atoms with Gasteiger partial charge in [0.1, 0.15) is 0 Å². The molecule has 0 aromatic heterocycles. The van der Waals surface area contributed by atoms with E-state index in [1.54, 1.807) is 0 Å². The van der Waals surface area contributed by atoms with Crippen molar-refractivity contribution in [2.24, 2.45) is 0 Å². The lowest BCUT2D eigenvalue weighted by Gasteiger charge is -2.38. The zero-order valence-electron chi connectivity index (χ0n) is 10.3. The average Bonchev–Trinajstić information content (AvgIpc) is 2.94. The molecule has 2 heterocycles. The van der Waals surface area contributed by atoms with Gasteiger partial charge in [0, 0.05) is 44.5 Å². The Bertz CT molecular complexity index is 338. The van der Waals surface area contributed by atoms with Crippen LogP contribution in [-0.4, -0.2) is 50.2 Å². The smallest absolute Gasteiger partial charge is 0.0367 e. The Hall–Kier alpha value is -1.06. The minimum absolute atomic E-state index is 0.785. The molecular weight excluding hydrogens is 210 g/mol. The number of anilines is 1. The lowest BCUT2D eigenvalue weighted by atomic mass is 10.1. The van der Waals surface area contributed by atoms with Crippen molar-refractivity contribution in [3.8, 4) is 0 Å². The molecular formula is C14H21N3. The lowest BCUT2D eigenvalue weighted by Crippen LogP contribution is -2.51. The van der Waals surface area contributed by atoms with Gasteiger partial charge in [0.25, 0.3) is 0 Å². The summed E-state index contributed by atoms with van der Waals surface area (Å²) in [6.45, 7) is 7.14. The van der Waals surface area contributed by atoms with Crippen LogP contribution in [0.3, 0.4) is 0 Å². The van der Waals surface area contributed by atoms with E-state index in [9.17, 15) is 0 Å². The summed E-state index contributed by atoms with van der Waals surface area (Å²) in [6, 6.07) is 11.6. The first-order valence-corrected chi connectivity index (χ1v) is 6.68. The molecule has 0 bridgehead atoms. The predicted octanol–water partition coefficient (Wildman–Crippen LogP) is 1.17. The Balaban J connectivity index is 1.57. The van der Waals surface area contributed by atoms with E-state index < -0.39 is 0 Å². The molecule has 17 heavy (non-hydrogen) atoms. The van der Waals surface area contributed by atoms with E-state index in [1.807, 2.05) is 0 Å². The fraction of sp³-hybridized carbons (Fsp3) is 0.571. The molecule has 1 N–H and O–H groups in total. The maximum Gasteiger partial charge on any atom is 0.0367 e. The van der Waals surface area contributed by atoms with Crippen LogP contribution < -0.4 is 10.2 Å². The predicted molar refractivity (Wildman–Crippen MR) is 71.5 cm³/mol. The number of hydrogen-bond acceptors (Lipinski definition) is 3. The Labute approximate surface area is 103 Å². The topological polar surface area (TPSA) is 18.5 Å². The Kier molecular flexibility index (Phi) is 3.29. The molecule has 3 nitrogen and oxygen atoms in total. The van der Waals surface area contributed by atoms with Gasteiger partial charge >= 0.3 is 0 Å². The third-order valence-corrected chi connectivity index (χ3v) is 3.99. The van der Waals surface area contributed by atoms with E-state index in [0.717, 1.165) is 6.04 Å². The second-order valence-electron chi connectivity index (χ2n) is 5.01. The van der Waals surface area contributed by atoms with Crippen molar-refractivity contribution < 1.29 is 0 Å². The standard InChI is InChI=1S/C14H21N3/c1-2-4-13(5-3-1)16-8-10-17(11-9-16)14-6-7-15-12-14/h1-5,14-15H,6-12H2. The summed E-state index contributed by atoms with van der Waals surface area (Å²) in [5.41, 5.74) is 1.37. The fourth-order valence-electron chi connectivity index (χ4n) is 2.94. The molecule has 2 saturated heterocycles. The van der Waals surface area contributed by atoms with Gasteiger partial charge in [-0.1, -0.05) is 18.2 Å². The summed E-state index contributed by atoms with van der Waals surface area (Å²) in [5, 5.41) is 3.46. The first-order chi connectivity index (χ1) is 8.43. The van der Waals surface area contributed by atoms with E-state index in [4.69, 9.17) is 0 Å². The summed E-state index contributed by atoms with van der Waals surface area (Å²) in [5.74, 6) is 0. The van der Waals surface area contributed by atoms with Gasteiger partial charge in [0.15, 0.2) is 0 Å². The van der Waals surface area contributed by atoms with E-state index in [0.29, 0.717) is 0 Å². The van der Waals surface area contributed by atoms with Crippen LogP contribution in [0.1, 0.15) is 6.42 Å². The van der Waals surface area contributed by atoms with Gasteiger partial charge in [0.05, 0.1) is 0 Å². The van der Waals surface area contributed by atoms with Crippen molar-refractivity contribution in [2.75, 3.05) is 44.2 Å². The largest absolute Gasteiger partial charge is 0.369 e. The van der Waals surface area contributed by atoms with Crippen LogP contribution in [-0.2, 0) is 0 Å². The van der Waals surface area contributed by atoms with E-state index in [-0.39, 0.29) is 0 Å². The van der Waals surface area contributed by atoms with Gasteiger partial charge in [-0.3, -0.25) is 4.90 Å². The molecule has 1 atom stereocenters. The first-order valence-electron chi connectivity index (χ1n) is 6.68. The quantitative estimate of drug-likeness (QED) is 0.824. The highest BCUT2D eigenvalue weighted by molar-refractivity contribution is 5.46. The number of benzene rings is 1. The molecule has 92 valence electrons. The molecule has 0 radical (unpaired) electrons. The van der Waals surface area contributed by atoms with Crippen LogP contribution in [0.25, 0.3) is 0 Å². The van der Waals surface area contributed by atoms with Crippen LogP contribution in [0.2, 0.25) is 0 Å². The molecule has 1 aromatic carbocycles. The number of hydrogen-bond donors (Lipinski definition) is 1. The van der Waals surface area contributed by atoms with Crippen LogP contribution >= 0.6 is 0 Å². The van der Waals surface area contributed by atoms with Crippen molar-refractivity contribution in [3.63, 3.8) is 0 Å². The molecule has 1 unspecified atom stereocenters. The highest BCUT2D eigenvalue weighted by Crippen LogP contribution is 2.18. The molecule has 0 saturated carbocycles. The van der Waals surface area contributed by atoms with E-state index in [2.05, 4.69) is 45.4 Å². The maximum atomic E-state index is 3.46. The van der Waals surface area contributed by atoms with Gasteiger partial charge in [0.2, 0.25) is 0 Å². The average molecular weight is 231 g/mol. The van der Waals surface area contributed by atoms with Crippen LogP contribution in [0.5, 0.6) is 0 Å². The van der Waals surface area contributed by atoms with Crippen molar-refractivity contribution in [3.05, 3.63) is 30.3 Å². The molecule has 1 aromatic rings. The van der Waals surface area contributed by atoms with Gasteiger partial charge in [-0.15, -0.1) is 0 Å². The van der Waals surface area contributed by atoms with Crippen LogP contribution in [0, 0.1) is 0 Å². The highest BCUT2D eigenvalue weighted by Gasteiger charge is 2.25. The molecule has 3 rings (SSSR count). The van der Waals surface area contributed by atoms with Crippen molar-refractivity contribution >= 4 is 5.69 Å². The fourth-order valence-corrected chi connectivity index (χ4v) is 2.94. The minimum atomic E-state index is 0.785. The monoisotopic (exact) mass is 231 g/mol. The van der Waals surface area contributed by atoms with Gasteiger partial charge in [-0.25, -0.2) is 0 Å². The van der Waals surface area contributed by atoms with Gasteiger partial charge in [-0.05, 0) is 25.1 Å². The molecule has 0 amide bonds. The first kappa shape index (κ1) is 11.1. The van der Waals surface area contributed by atoms with Crippen LogP contribution in [0.15, 0.2) is 30.3 Å². The maximum absolute atomic E-state index is 3.46. The highest BCUT2D eigenvalue weighted by atomic mass is 15.3. The lowest BCUT2D eigenvalue weighted by molar-refractivity contribution is 0.196. The molecule has 0 aliphatic carbocycles. The molecule has 2 fully saturated rings. The number of piperazine rings is 1. The summed E-state index contributed by atoms with van der Waals surface area (Å²) in [6.07, 6.45) is 1.32. The summed E-state index contributed by atoms with van der Waals surface area (Å²) >= 11 is 0. The molecule has 3 heteroatoms. The van der Waals surface area contributed by atoms with Crippen LogP contribution in [0.4, 0.5) is 5.69 Å². The van der Waals surface area contributed by atoms with Gasteiger partial charge in [-0.2, -0.15) is 0 Å². The van der Waals surface area contributed by atoms with Crippen molar-refractivity contribution in [1.29, 1.82) is 0 Å². The Morgan fingerprint density at radius 1 is 1.00 bits per heavy atom. The number of para-hydroxylation sites is 1. The number of nitrogens with one attached hydrogen (secondary N) is 1. The minimum Gasteiger partial charge on any atom is -0.369 e. The zero-order chi connectivity index (χ0) is 11.5. The Morgan fingerprint density at radius 2 is 1.76 bits per heavy atom. The summed E-state index contributed by atoms with van der Waals surface area (Å²) in [7, 11) is 0. The van der Waals surface area contributed by atoms with Gasteiger partial charge < -0.3 is 10.2 Å². The normalized spacial score (nSPS) is 26.4. The van der Waals surface area contributed by atoms with E-state index in [1.165, 1.54) is 51.4 Å². The Morgan fingerprint density at radius 3 is 2.41 bits per heavy atom. The molecule has 0 spiro atoms. The second-order valence-corrected chi connectivity index (χ2v) is 5.01. The third kappa shape index (κ3) is 2.45. The van der Waals surface area contributed by atoms with Crippen molar-refractivity contribution in [1.82, 2.24) is 10.2 Å². The number of rotatable bonds is 2. The van der Waals surface area contributed by atoms with Crippen molar-refractivity contribution in [2.45, 2.75) is 12.5 Å². The molecule has 2 aliphatic heterocycles. The van der Waals surface area contributed by atoms with E-state index >= 15 is 0 Å². The summed E-state index contributed by atoms with van der Waals surface area (Å²) in [4.78, 5) is 5.15. The third-order valence-electron chi connectivity index (χ3n) is 3.99. The zero-order valence-corrected chi connectivity index (χ0v) is 10.3. The second kappa shape index (κ2) is 5.07.